The van der Waals surface area contributed by atoms with Crippen molar-refractivity contribution in [1.82, 2.24) is 5.32 Å². The number of rotatable bonds is 1. The first-order chi connectivity index (χ1) is 7.16. The average Bonchev–Trinajstić information content (AvgIpc) is 2.23. The largest absolute Gasteiger partial charge is 0.314 e. The van der Waals surface area contributed by atoms with Gasteiger partial charge in [-0.1, -0.05) is 0 Å². The second-order valence-electron chi connectivity index (χ2n) is 4.25. The lowest BCUT2D eigenvalue weighted by atomic mass is 9.89. The molecule has 1 aliphatic heterocycles. The maximum Gasteiger partial charge on any atom is 0.126 e. The van der Waals surface area contributed by atoms with Gasteiger partial charge in [0, 0.05) is 12.6 Å². The molecule has 1 fully saturated rings. The summed E-state index contributed by atoms with van der Waals surface area (Å²) in [6, 6.07) is 4.18. The molecule has 0 aliphatic carbocycles. The summed E-state index contributed by atoms with van der Waals surface area (Å²) < 4.78 is 26.4. The van der Waals surface area contributed by atoms with E-state index in [1.54, 1.807) is 0 Å². The number of hydrogen-bond acceptors (Lipinski definition) is 1. The highest BCUT2D eigenvalue weighted by Crippen LogP contribution is 2.27. The highest BCUT2D eigenvalue weighted by atomic mass is 19.1. The van der Waals surface area contributed by atoms with E-state index >= 15 is 0 Å². The Bertz CT molecular complexity index is 343. The molecule has 1 nitrogen and oxygen atoms in total. The summed E-state index contributed by atoms with van der Waals surface area (Å²) in [5.41, 5.74) is 0.509. The van der Waals surface area contributed by atoms with Crippen LogP contribution in [0.1, 0.15) is 31.2 Å². The third kappa shape index (κ3) is 2.34. The topological polar surface area (TPSA) is 12.0 Å². The summed E-state index contributed by atoms with van der Waals surface area (Å²) in [6.45, 7) is 2.85. The first-order valence-electron chi connectivity index (χ1n) is 5.35. The zero-order valence-corrected chi connectivity index (χ0v) is 8.76. The third-order valence-corrected chi connectivity index (χ3v) is 3.06. The molecule has 1 aromatic carbocycles. The number of piperidine rings is 1. The maximum atomic E-state index is 13.5. The Kier molecular flexibility index (Phi) is 3.00. The molecule has 0 aromatic heterocycles. The van der Waals surface area contributed by atoms with Crippen molar-refractivity contribution in [2.75, 3.05) is 6.54 Å². The van der Waals surface area contributed by atoms with E-state index in [0.29, 0.717) is 11.6 Å². The van der Waals surface area contributed by atoms with Gasteiger partial charge in [0.05, 0.1) is 0 Å². The lowest BCUT2D eigenvalue weighted by molar-refractivity contribution is 0.376. The standard InChI is InChI=1S/C12H15F2N/c1-8-2-3-9(7-15-8)11-6-10(13)4-5-12(11)14/h4-6,8-9,15H,2-3,7H2,1H3. The van der Waals surface area contributed by atoms with E-state index < -0.39 is 0 Å². The summed E-state index contributed by atoms with van der Waals surface area (Å²) in [4.78, 5) is 0. The molecule has 2 unspecified atom stereocenters. The smallest absolute Gasteiger partial charge is 0.126 e. The summed E-state index contributed by atoms with van der Waals surface area (Å²) in [5, 5.41) is 3.29. The van der Waals surface area contributed by atoms with Gasteiger partial charge in [-0.25, -0.2) is 8.78 Å². The van der Waals surface area contributed by atoms with Crippen molar-refractivity contribution >= 4 is 0 Å². The van der Waals surface area contributed by atoms with Crippen molar-refractivity contribution in [2.24, 2.45) is 0 Å². The van der Waals surface area contributed by atoms with Crippen LogP contribution in [0.25, 0.3) is 0 Å². The molecule has 2 rings (SSSR count). The Hall–Kier alpha value is -0.960. The van der Waals surface area contributed by atoms with Gasteiger partial charge in [-0.2, -0.15) is 0 Å². The van der Waals surface area contributed by atoms with Gasteiger partial charge in [0.25, 0.3) is 0 Å². The van der Waals surface area contributed by atoms with Crippen LogP contribution in [0.2, 0.25) is 0 Å². The van der Waals surface area contributed by atoms with Crippen LogP contribution >= 0.6 is 0 Å². The summed E-state index contributed by atoms with van der Waals surface area (Å²) in [6.07, 6.45) is 1.94. The van der Waals surface area contributed by atoms with Gasteiger partial charge in [-0.3, -0.25) is 0 Å². The van der Waals surface area contributed by atoms with Gasteiger partial charge in [0.2, 0.25) is 0 Å². The van der Waals surface area contributed by atoms with Gasteiger partial charge in [-0.05, 0) is 49.4 Å². The molecule has 0 bridgehead atoms. The first-order valence-corrected chi connectivity index (χ1v) is 5.35. The fourth-order valence-electron chi connectivity index (χ4n) is 2.09. The lowest BCUT2D eigenvalue weighted by Crippen LogP contribution is -2.36. The van der Waals surface area contributed by atoms with E-state index in [0.717, 1.165) is 25.5 Å². The predicted octanol–water partition coefficient (Wildman–Crippen LogP) is 2.82. The van der Waals surface area contributed by atoms with Crippen molar-refractivity contribution in [3.05, 3.63) is 35.4 Å². The second-order valence-corrected chi connectivity index (χ2v) is 4.25. The van der Waals surface area contributed by atoms with Crippen molar-refractivity contribution in [3.8, 4) is 0 Å². The Morgan fingerprint density at radius 2 is 2.07 bits per heavy atom. The van der Waals surface area contributed by atoms with Gasteiger partial charge in [-0.15, -0.1) is 0 Å². The zero-order valence-electron chi connectivity index (χ0n) is 8.76. The molecule has 2 atom stereocenters. The van der Waals surface area contributed by atoms with Crippen LogP contribution < -0.4 is 5.32 Å². The monoisotopic (exact) mass is 211 g/mol. The molecule has 1 aromatic rings. The van der Waals surface area contributed by atoms with Gasteiger partial charge in [0.1, 0.15) is 11.6 Å². The minimum Gasteiger partial charge on any atom is -0.314 e. The molecular weight excluding hydrogens is 196 g/mol. The van der Waals surface area contributed by atoms with E-state index in [9.17, 15) is 8.78 Å². The Morgan fingerprint density at radius 1 is 1.27 bits per heavy atom. The fraction of sp³-hybridized carbons (Fsp3) is 0.500. The number of benzene rings is 1. The Morgan fingerprint density at radius 3 is 2.73 bits per heavy atom. The van der Waals surface area contributed by atoms with E-state index in [1.165, 1.54) is 12.1 Å². The van der Waals surface area contributed by atoms with Crippen LogP contribution in [-0.4, -0.2) is 12.6 Å². The maximum absolute atomic E-state index is 13.5. The minimum atomic E-state index is -0.356. The lowest BCUT2D eigenvalue weighted by Gasteiger charge is -2.28. The van der Waals surface area contributed by atoms with Crippen LogP contribution in [0.3, 0.4) is 0 Å². The molecule has 1 aliphatic rings. The van der Waals surface area contributed by atoms with Gasteiger partial charge < -0.3 is 5.32 Å². The molecular formula is C12H15F2N. The molecule has 15 heavy (non-hydrogen) atoms. The Balaban J connectivity index is 2.18. The predicted molar refractivity (Wildman–Crippen MR) is 55.8 cm³/mol. The summed E-state index contributed by atoms with van der Waals surface area (Å²) in [5.74, 6) is -0.542. The molecule has 3 heteroatoms. The second kappa shape index (κ2) is 4.27. The quantitative estimate of drug-likeness (QED) is 0.753. The zero-order chi connectivity index (χ0) is 10.8. The van der Waals surface area contributed by atoms with Crippen molar-refractivity contribution < 1.29 is 8.78 Å². The van der Waals surface area contributed by atoms with Gasteiger partial charge >= 0.3 is 0 Å². The molecule has 1 N–H and O–H groups in total. The van der Waals surface area contributed by atoms with Crippen LogP contribution in [0.15, 0.2) is 18.2 Å². The molecule has 0 amide bonds. The molecule has 0 spiro atoms. The van der Waals surface area contributed by atoms with Gasteiger partial charge in [0.15, 0.2) is 0 Å². The van der Waals surface area contributed by atoms with E-state index in [2.05, 4.69) is 12.2 Å². The minimum absolute atomic E-state index is 0.108. The molecule has 0 radical (unpaired) electrons. The van der Waals surface area contributed by atoms with Crippen LogP contribution in [0, 0.1) is 11.6 Å². The SMILES string of the molecule is CC1CCC(c2cc(F)ccc2F)CN1. The number of halogens is 2. The van der Waals surface area contributed by atoms with Crippen LogP contribution in [0.5, 0.6) is 0 Å². The molecule has 0 saturated carbocycles. The third-order valence-electron chi connectivity index (χ3n) is 3.06. The highest BCUT2D eigenvalue weighted by Gasteiger charge is 2.21. The highest BCUT2D eigenvalue weighted by molar-refractivity contribution is 5.23. The van der Waals surface area contributed by atoms with E-state index in [-0.39, 0.29) is 17.6 Å². The number of nitrogens with one attached hydrogen (secondary N) is 1. The normalized spacial score (nSPS) is 26.6. The van der Waals surface area contributed by atoms with Crippen LogP contribution in [0.4, 0.5) is 8.78 Å². The average molecular weight is 211 g/mol. The summed E-state index contributed by atoms with van der Waals surface area (Å²) >= 11 is 0. The van der Waals surface area contributed by atoms with Crippen molar-refractivity contribution in [2.45, 2.75) is 31.7 Å². The van der Waals surface area contributed by atoms with E-state index in [4.69, 9.17) is 0 Å². The first kappa shape index (κ1) is 10.6. The van der Waals surface area contributed by atoms with Crippen molar-refractivity contribution in [1.29, 1.82) is 0 Å². The Labute approximate surface area is 88.5 Å². The number of hydrogen-bond donors (Lipinski definition) is 1. The molecule has 1 heterocycles. The summed E-state index contributed by atoms with van der Waals surface area (Å²) in [7, 11) is 0. The molecule has 82 valence electrons. The van der Waals surface area contributed by atoms with E-state index in [1.807, 2.05) is 0 Å². The van der Waals surface area contributed by atoms with Crippen LogP contribution in [-0.2, 0) is 0 Å². The molecule has 1 saturated heterocycles. The fourth-order valence-corrected chi connectivity index (χ4v) is 2.09. The van der Waals surface area contributed by atoms with Crippen molar-refractivity contribution in [3.63, 3.8) is 0 Å².